The Morgan fingerprint density at radius 1 is 1.44 bits per heavy atom. The van der Waals surface area contributed by atoms with Gasteiger partial charge in [0.15, 0.2) is 0 Å². The summed E-state index contributed by atoms with van der Waals surface area (Å²) in [6.07, 6.45) is 4.56. The summed E-state index contributed by atoms with van der Waals surface area (Å²) < 4.78 is 0. The first-order valence-corrected chi connectivity index (χ1v) is 16.2. The average Bonchev–Trinajstić information content (AvgIpc) is 2.17. The number of nitrogens with one attached hydrogen (secondary N) is 1. The predicted molar refractivity (Wildman–Crippen MR) is 54.1 cm³/mol. The van der Waals surface area contributed by atoms with Gasteiger partial charge in [-0.25, -0.2) is 0 Å². The van der Waals surface area contributed by atoms with Crippen molar-refractivity contribution in [1.29, 1.82) is 0 Å². The van der Waals surface area contributed by atoms with E-state index in [1.807, 2.05) is 18.3 Å². The Balaban J connectivity index is 0. The minimum atomic E-state index is 0. The van der Waals surface area contributed by atoms with Crippen LogP contribution in [0, 0.1) is 13.6 Å². The topological polar surface area (TPSA) is 15.8 Å². The molecular formula is C5H7I2NOs-2. The predicted octanol–water partition coefficient (Wildman–Crippen LogP) is 3.03. The van der Waals surface area contributed by atoms with E-state index in [2.05, 4.69) is 50.5 Å². The Hall–Kier alpha value is 1.38. The molecule has 1 N–H and O–H groups in total. The fourth-order valence-electron chi connectivity index (χ4n) is 0.241. The first kappa shape index (κ1) is 13.0. The second-order valence-electron chi connectivity index (χ2n) is 0.865. The molecule has 4 heteroatoms. The van der Waals surface area contributed by atoms with Crippen LogP contribution < -0.4 is 0 Å². The van der Waals surface area contributed by atoms with Crippen molar-refractivity contribution in [2.24, 2.45) is 0 Å². The number of hydrogen-bond acceptors (Lipinski definition) is 0. The molecule has 1 aromatic heterocycles. The number of H-pyrrole nitrogens is 1. The normalized spacial score (nSPS) is 6.89. The summed E-state index contributed by atoms with van der Waals surface area (Å²) in [5.41, 5.74) is 0. The number of halogens is 2. The van der Waals surface area contributed by atoms with Crippen molar-refractivity contribution in [2.75, 3.05) is 0 Å². The molecule has 0 saturated carbocycles. The Morgan fingerprint density at radius 2 is 2.00 bits per heavy atom. The van der Waals surface area contributed by atoms with Gasteiger partial charge >= 0.3 is 49.7 Å². The van der Waals surface area contributed by atoms with Crippen LogP contribution in [-0.2, 0) is 10.3 Å². The standard InChI is InChI=1S/C4H4N.CH3.2HI.Os/c1-2-4-5-3-1;;;;/h1-3,5H;1H3;2*1H;/q2*-1;;;+2/p-2. The summed E-state index contributed by atoms with van der Waals surface area (Å²) in [6, 6.07) is 3.71. The van der Waals surface area contributed by atoms with E-state index in [1.54, 1.807) is 0 Å². The molecule has 0 atom stereocenters. The van der Waals surface area contributed by atoms with E-state index in [9.17, 15) is 0 Å². The van der Waals surface area contributed by atoms with Gasteiger partial charge < -0.3 is 12.4 Å². The van der Waals surface area contributed by atoms with E-state index in [-0.39, 0.29) is 7.43 Å². The SMILES string of the molecule is [CH3-].[I][Os][I].[c-]1ccc[nH]1. The van der Waals surface area contributed by atoms with E-state index < -0.39 is 0 Å². The van der Waals surface area contributed by atoms with E-state index in [1.165, 1.54) is 0 Å². The van der Waals surface area contributed by atoms with Crippen molar-refractivity contribution >= 4 is 39.3 Å². The molecule has 0 radical (unpaired) electrons. The quantitative estimate of drug-likeness (QED) is 0.397. The summed E-state index contributed by atoms with van der Waals surface area (Å²) in [4.78, 5) is 2.74. The Kier molecular flexibility index (Phi) is 17.5. The molecule has 0 bridgehead atoms. The third kappa shape index (κ3) is 12.5. The Bertz CT molecular complexity index is 81.9. The van der Waals surface area contributed by atoms with Crippen molar-refractivity contribution < 1.29 is 10.3 Å². The van der Waals surface area contributed by atoms with Crippen molar-refractivity contribution in [1.82, 2.24) is 4.98 Å². The Morgan fingerprint density at radius 3 is 2.11 bits per heavy atom. The van der Waals surface area contributed by atoms with Gasteiger partial charge in [-0.1, -0.05) is 0 Å². The smallest absolute Gasteiger partial charge is 0.108 e. The van der Waals surface area contributed by atoms with Crippen LogP contribution in [-0.4, -0.2) is 4.98 Å². The number of hydrogen-bond donors (Lipinski definition) is 1. The fourth-order valence-corrected chi connectivity index (χ4v) is 0.241. The van der Waals surface area contributed by atoms with Crippen LogP contribution in [0.1, 0.15) is 0 Å². The first-order valence-electron chi connectivity index (χ1n) is 1.76. The molecular weight excluding hydrogens is 518 g/mol. The van der Waals surface area contributed by atoms with Gasteiger partial charge in [-0.3, -0.25) is 0 Å². The van der Waals surface area contributed by atoms with Crippen LogP contribution in [0.3, 0.4) is 0 Å². The van der Waals surface area contributed by atoms with Crippen LogP contribution in [0.2, 0.25) is 0 Å². The van der Waals surface area contributed by atoms with Crippen LogP contribution in [0.25, 0.3) is 0 Å². The van der Waals surface area contributed by atoms with Gasteiger partial charge in [0.25, 0.3) is 0 Å². The molecule has 0 aliphatic carbocycles. The van der Waals surface area contributed by atoms with Crippen molar-refractivity contribution in [3.8, 4) is 0 Å². The molecule has 9 heavy (non-hydrogen) atoms. The van der Waals surface area contributed by atoms with Gasteiger partial charge in [-0.05, 0) is 0 Å². The maximum absolute atomic E-state index is 2.74. The van der Waals surface area contributed by atoms with Gasteiger partial charge in [0.05, 0.1) is 0 Å². The van der Waals surface area contributed by atoms with Crippen LogP contribution in [0.5, 0.6) is 0 Å². The van der Waals surface area contributed by atoms with Crippen LogP contribution in [0.4, 0.5) is 0 Å². The van der Waals surface area contributed by atoms with E-state index in [4.69, 9.17) is 0 Å². The van der Waals surface area contributed by atoms with Crippen LogP contribution >= 0.6 is 39.3 Å². The maximum Gasteiger partial charge on any atom is -0.108 e. The van der Waals surface area contributed by atoms with Gasteiger partial charge in [-0.15, -0.1) is 6.20 Å². The van der Waals surface area contributed by atoms with Crippen LogP contribution in [0.15, 0.2) is 18.3 Å². The molecule has 0 unspecified atom stereocenters. The molecule has 0 spiro atoms. The molecule has 0 aliphatic heterocycles. The number of aromatic nitrogens is 1. The van der Waals surface area contributed by atoms with Crippen molar-refractivity contribution in [3.63, 3.8) is 0 Å². The molecule has 1 rings (SSSR count). The third-order valence-electron chi connectivity index (χ3n) is 0.442. The molecule has 1 heterocycles. The van der Waals surface area contributed by atoms with Gasteiger partial charge in [0.2, 0.25) is 0 Å². The maximum atomic E-state index is 2.74. The summed E-state index contributed by atoms with van der Waals surface area (Å²) in [5.74, 6) is 0. The molecule has 1 aromatic rings. The minimum absolute atomic E-state index is 0. The summed E-state index contributed by atoms with van der Waals surface area (Å²) in [7, 11) is 0.357. The summed E-state index contributed by atoms with van der Waals surface area (Å²) >= 11 is 4.83. The molecule has 0 aromatic carbocycles. The number of aromatic amines is 1. The molecule has 0 fully saturated rings. The monoisotopic (exact) mass is 527 g/mol. The summed E-state index contributed by atoms with van der Waals surface area (Å²) in [6.45, 7) is 0. The molecule has 0 saturated heterocycles. The van der Waals surface area contributed by atoms with Gasteiger partial charge in [-0.2, -0.15) is 18.3 Å². The minimum Gasteiger partial charge on any atom is -0.484 e. The van der Waals surface area contributed by atoms with E-state index in [0.717, 1.165) is 0 Å². The molecule has 56 valence electrons. The second-order valence-corrected chi connectivity index (χ2v) is 19.4. The van der Waals surface area contributed by atoms with Crippen molar-refractivity contribution in [2.45, 2.75) is 0 Å². The van der Waals surface area contributed by atoms with E-state index in [0.29, 0.717) is 10.3 Å². The Labute approximate surface area is 85.4 Å². The number of rotatable bonds is 0. The van der Waals surface area contributed by atoms with E-state index >= 15 is 0 Å². The largest absolute Gasteiger partial charge is 0.484 e. The molecule has 0 aliphatic rings. The summed E-state index contributed by atoms with van der Waals surface area (Å²) in [5, 5.41) is 0. The zero-order valence-electron chi connectivity index (χ0n) is 4.84. The first-order chi connectivity index (χ1) is 3.91. The zero-order chi connectivity index (χ0) is 6.24. The third-order valence-corrected chi connectivity index (χ3v) is 0.442. The zero-order valence-corrected chi connectivity index (χ0v) is 11.7. The van der Waals surface area contributed by atoms with Crippen molar-refractivity contribution in [3.05, 3.63) is 32.0 Å². The van der Waals surface area contributed by atoms with Gasteiger partial charge in [0, 0.05) is 0 Å². The van der Waals surface area contributed by atoms with Gasteiger partial charge in [0.1, 0.15) is 0 Å². The molecule has 0 amide bonds. The average molecular weight is 525 g/mol. The molecule has 1 nitrogen and oxygen atoms in total. The fraction of sp³-hybridized carbons (Fsp3) is 0. The second kappa shape index (κ2) is 12.1.